The summed E-state index contributed by atoms with van der Waals surface area (Å²) in [5, 5.41) is 0.525. The lowest BCUT2D eigenvalue weighted by atomic mass is 9.97. The molecule has 1 fully saturated rings. The molecule has 28 heavy (non-hydrogen) atoms. The van der Waals surface area contributed by atoms with Crippen LogP contribution in [0.5, 0.6) is 0 Å². The Morgan fingerprint density at radius 3 is 2.64 bits per heavy atom. The number of alkyl halides is 3. The van der Waals surface area contributed by atoms with Crippen molar-refractivity contribution >= 4 is 17.2 Å². The van der Waals surface area contributed by atoms with Gasteiger partial charge in [0.1, 0.15) is 4.88 Å². The summed E-state index contributed by atoms with van der Waals surface area (Å²) in [6.45, 7) is -0.00181. The van der Waals surface area contributed by atoms with E-state index in [1.165, 1.54) is 11.2 Å². The largest absolute Gasteiger partial charge is 0.462 e. The monoisotopic (exact) mass is 406 g/mol. The number of aromatic nitrogens is 1. The number of amides is 1. The average Bonchev–Trinajstić information content (AvgIpc) is 3.37. The molecule has 1 amide bonds. The van der Waals surface area contributed by atoms with Crippen LogP contribution in [0.2, 0.25) is 0 Å². The number of rotatable bonds is 3. The van der Waals surface area contributed by atoms with Gasteiger partial charge in [-0.1, -0.05) is 30.3 Å². The molecule has 0 aliphatic carbocycles. The van der Waals surface area contributed by atoms with Crippen LogP contribution in [0.15, 0.2) is 53.1 Å². The van der Waals surface area contributed by atoms with Gasteiger partial charge in [0, 0.05) is 18.7 Å². The van der Waals surface area contributed by atoms with Gasteiger partial charge < -0.3 is 9.32 Å². The van der Waals surface area contributed by atoms with Gasteiger partial charge in [0.05, 0.1) is 17.9 Å². The fraction of sp³-hybridized carbons (Fsp3) is 0.300. The zero-order valence-corrected chi connectivity index (χ0v) is 15.6. The summed E-state index contributed by atoms with van der Waals surface area (Å²) in [6.07, 6.45) is -2.40. The van der Waals surface area contributed by atoms with Crippen LogP contribution in [0, 0.1) is 5.92 Å². The Hall–Kier alpha value is -2.61. The molecule has 1 unspecified atom stereocenters. The lowest BCUT2D eigenvalue weighted by Crippen LogP contribution is -2.44. The summed E-state index contributed by atoms with van der Waals surface area (Å²) < 4.78 is 44.8. The molecule has 0 N–H and O–H groups in total. The molecule has 0 bridgehead atoms. The van der Waals surface area contributed by atoms with Crippen LogP contribution in [0.1, 0.15) is 22.5 Å². The summed E-state index contributed by atoms with van der Waals surface area (Å²) in [6, 6.07) is 12.6. The number of halogens is 3. The van der Waals surface area contributed by atoms with E-state index < -0.39 is 18.0 Å². The predicted molar refractivity (Wildman–Crippen MR) is 99.9 cm³/mol. The first-order valence-corrected chi connectivity index (χ1v) is 9.71. The van der Waals surface area contributed by atoms with Gasteiger partial charge in [-0.25, -0.2) is 4.98 Å². The van der Waals surface area contributed by atoms with E-state index in [4.69, 9.17) is 4.42 Å². The molecule has 4 rings (SSSR count). The molecule has 2 aromatic heterocycles. The molecule has 3 aromatic rings. The molecule has 0 radical (unpaired) electrons. The van der Waals surface area contributed by atoms with Crippen molar-refractivity contribution in [1.82, 2.24) is 9.88 Å². The Bertz CT molecular complexity index is 952. The van der Waals surface area contributed by atoms with Crippen LogP contribution in [0.25, 0.3) is 22.0 Å². The lowest BCUT2D eigenvalue weighted by Gasteiger charge is -2.33. The van der Waals surface area contributed by atoms with Crippen LogP contribution in [0.3, 0.4) is 0 Å². The number of furan rings is 1. The number of benzene rings is 1. The van der Waals surface area contributed by atoms with Gasteiger partial charge in [-0.2, -0.15) is 13.2 Å². The minimum Gasteiger partial charge on any atom is -0.462 e. The number of piperidine rings is 1. The highest BCUT2D eigenvalue weighted by molar-refractivity contribution is 7.17. The normalized spacial score (nSPS) is 17.7. The Balaban J connectivity index is 1.70. The van der Waals surface area contributed by atoms with Crippen molar-refractivity contribution in [2.24, 2.45) is 5.92 Å². The van der Waals surface area contributed by atoms with E-state index in [1.54, 1.807) is 12.1 Å². The molecule has 3 heterocycles. The Labute approximate surface area is 163 Å². The van der Waals surface area contributed by atoms with E-state index in [0.29, 0.717) is 34.3 Å². The third-order valence-electron chi connectivity index (χ3n) is 4.77. The Morgan fingerprint density at radius 2 is 1.96 bits per heavy atom. The van der Waals surface area contributed by atoms with Crippen molar-refractivity contribution in [3.05, 3.63) is 53.6 Å². The standard InChI is InChI=1S/C20H17F3N2O2S/c21-20(22,23)14-8-4-10-25(12-14)19(26)17-16(13-6-2-1-3-7-13)24-18(28-17)15-9-5-11-27-15/h1-3,5-7,9,11,14H,4,8,10,12H2. The minimum absolute atomic E-state index is 0.0547. The molecule has 8 heteroatoms. The van der Waals surface area contributed by atoms with E-state index in [1.807, 2.05) is 30.3 Å². The molecule has 146 valence electrons. The first-order valence-electron chi connectivity index (χ1n) is 8.89. The second-order valence-corrected chi connectivity index (χ2v) is 7.67. The quantitative estimate of drug-likeness (QED) is 0.578. The molecule has 0 saturated carbocycles. The number of thiazole rings is 1. The van der Waals surface area contributed by atoms with E-state index in [0.717, 1.165) is 16.9 Å². The fourth-order valence-electron chi connectivity index (χ4n) is 3.33. The summed E-state index contributed by atoms with van der Waals surface area (Å²) in [4.78, 5) is 19.3. The van der Waals surface area contributed by atoms with Crippen molar-refractivity contribution in [3.8, 4) is 22.0 Å². The van der Waals surface area contributed by atoms with E-state index >= 15 is 0 Å². The fourth-order valence-corrected chi connectivity index (χ4v) is 4.36. The predicted octanol–water partition coefficient (Wildman–Crippen LogP) is 5.48. The number of carbonyl (C=O) groups excluding carboxylic acids is 1. The summed E-state index contributed by atoms with van der Waals surface area (Å²) >= 11 is 1.15. The Kier molecular flexibility index (Phi) is 4.97. The van der Waals surface area contributed by atoms with Crippen LogP contribution in [-0.4, -0.2) is 35.1 Å². The molecular weight excluding hydrogens is 389 g/mol. The maximum atomic E-state index is 13.2. The van der Waals surface area contributed by atoms with Gasteiger partial charge in [-0.15, -0.1) is 11.3 Å². The van der Waals surface area contributed by atoms with Crippen LogP contribution >= 0.6 is 11.3 Å². The first kappa shape index (κ1) is 18.7. The van der Waals surface area contributed by atoms with Crippen LogP contribution in [-0.2, 0) is 0 Å². The van der Waals surface area contributed by atoms with E-state index in [-0.39, 0.29) is 13.0 Å². The van der Waals surface area contributed by atoms with Crippen molar-refractivity contribution in [2.75, 3.05) is 13.1 Å². The van der Waals surface area contributed by atoms with Crippen LogP contribution < -0.4 is 0 Å². The highest BCUT2D eigenvalue weighted by Crippen LogP contribution is 2.37. The van der Waals surface area contributed by atoms with E-state index in [9.17, 15) is 18.0 Å². The summed E-state index contributed by atoms with van der Waals surface area (Å²) in [7, 11) is 0. The van der Waals surface area contributed by atoms with Gasteiger partial charge in [-0.3, -0.25) is 4.79 Å². The highest BCUT2D eigenvalue weighted by Gasteiger charge is 2.43. The maximum Gasteiger partial charge on any atom is 0.393 e. The number of hydrogen-bond donors (Lipinski definition) is 0. The zero-order chi connectivity index (χ0) is 19.7. The first-order chi connectivity index (χ1) is 13.4. The van der Waals surface area contributed by atoms with Gasteiger partial charge in [0.15, 0.2) is 10.8 Å². The number of likely N-dealkylation sites (tertiary alicyclic amines) is 1. The molecular formula is C20H17F3N2O2S. The van der Waals surface area contributed by atoms with Crippen LogP contribution in [0.4, 0.5) is 13.2 Å². The molecule has 1 saturated heterocycles. The van der Waals surface area contributed by atoms with Crippen molar-refractivity contribution in [3.63, 3.8) is 0 Å². The lowest BCUT2D eigenvalue weighted by molar-refractivity contribution is -0.184. The summed E-state index contributed by atoms with van der Waals surface area (Å²) in [5.41, 5.74) is 1.21. The van der Waals surface area contributed by atoms with E-state index in [2.05, 4.69) is 4.98 Å². The molecule has 1 aromatic carbocycles. The maximum absolute atomic E-state index is 13.2. The van der Waals surface area contributed by atoms with Crippen molar-refractivity contribution in [1.29, 1.82) is 0 Å². The average molecular weight is 406 g/mol. The number of carbonyl (C=O) groups is 1. The third-order valence-corrected chi connectivity index (χ3v) is 5.83. The van der Waals surface area contributed by atoms with Gasteiger partial charge in [0.25, 0.3) is 5.91 Å². The van der Waals surface area contributed by atoms with Crippen molar-refractivity contribution in [2.45, 2.75) is 19.0 Å². The minimum atomic E-state index is -4.30. The van der Waals surface area contributed by atoms with Gasteiger partial charge in [-0.05, 0) is 25.0 Å². The SMILES string of the molecule is O=C(c1sc(-c2ccco2)nc1-c1ccccc1)N1CCCC(C(F)(F)F)C1. The second-order valence-electron chi connectivity index (χ2n) is 6.67. The molecule has 1 aliphatic heterocycles. The Morgan fingerprint density at radius 1 is 1.18 bits per heavy atom. The van der Waals surface area contributed by atoms with Gasteiger partial charge in [0.2, 0.25) is 0 Å². The third kappa shape index (κ3) is 3.69. The van der Waals surface area contributed by atoms with Crippen molar-refractivity contribution < 1.29 is 22.4 Å². The smallest absolute Gasteiger partial charge is 0.393 e. The zero-order valence-electron chi connectivity index (χ0n) is 14.8. The molecule has 0 spiro atoms. The molecule has 1 atom stereocenters. The molecule has 1 aliphatic rings. The number of hydrogen-bond acceptors (Lipinski definition) is 4. The highest BCUT2D eigenvalue weighted by atomic mass is 32.1. The second kappa shape index (κ2) is 7.43. The number of nitrogens with zero attached hydrogens (tertiary/aromatic N) is 2. The summed E-state index contributed by atoms with van der Waals surface area (Å²) in [5.74, 6) is -1.38. The molecule has 4 nitrogen and oxygen atoms in total. The topological polar surface area (TPSA) is 46.3 Å². The van der Waals surface area contributed by atoms with Gasteiger partial charge >= 0.3 is 6.18 Å².